The highest BCUT2D eigenvalue weighted by molar-refractivity contribution is 7.13. The Morgan fingerprint density at radius 3 is 2.83 bits per heavy atom. The topological polar surface area (TPSA) is 96.5 Å². The summed E-state index contributed by atoms with van der Waals surface area (Å²) in [6.07, 6.45) is 4.77. The molecule has 30 heavy (non-hydrogen) atoms. The highest BCUT2D eigenvalue weighted by Crippen LogP contribution is 2.15. The van der Waals surface area contributed by atoms with Gasteiger partial charge in [0.2, 0.25) is 10.9 Å². The molecule has 1 aliphatic heterocycles. The molecule has 1 aromatic carbocycles. The number of rotatable bonds is 10. The summed E-state index contributed by atoms with van der Waals surface area (Å²) < 4.78 is 18.5. The average molecular weight is 436 g/mol. The minimum atomic E-state index is -0.476. The van der Waals surface area contributed by atoms with Gasteiger partial charge in [-0.05, 0) is 57.1 Å². The number of carbonyl (C=O) groups is 2. The number of amides is 2. The molecular formula is C20H26FN5O3S. The van der Waals surface area contributed by atoms with Crippen LogP contribution in [0.1, 0.15) is 40.5 Å². The van der Waals surface area contributed by atoms with Crippen molar-refractivity contribution in [3.8, 4) is 0 Å². The van der Waals surface area contributed by atoms with E-state index >= 15 is 0 Å². The van der Waals surface area contributed by atoms with Crippen LogP contribution in [0.2, 0.25) is 0 Å². The predicted octanol–water partition coefficient (Wildman–Crippen LogP) is 2.44. The fraction of sp³-hybridized carbons (Fsp3) is 0.500. The van der Waals surface area contributed by atoms with E-state index in [0.717, 1.165) is 37.4 Å². The number of likely N-dealkylation sites (tertiary alicyclic amines) is 1. The molecule has 2 N–H and O–H groups in total. The zero-order valence-corrected chi connectivity index (χ0v) is 17.5. The first-order valence-corrected chi connectivity index (χ1v) is 10.9. The van der Waals surface area contributed by atoms with Gasteiger partial charge in [0.25, 0.3) is 5.91 Å². The van der Waals surface area contributed by atoms with E-state index in [1.54, 1.807) is 6.07 Å². The molecule has 0 radical (unpaired) electrons. The number of benzene rings is 1. The van der Waals surface area contributed by atoms with Crippen LogP contribution in [0.4, 0.5) is 10.1 Å². The highest BCUT2D eigenvalue weighted by atomic mass is 32.1. The van der Waals surface area contributed by atoms with Crippen molar-refractivity contribution < 1.29 is 18.7 Å². The molecule has 0 atom stereocenters. The van der Waals surface area contributed by atoms with E-state index in [1.165, 1.54) is 37.5 Å². The van der Waals surface area contributed by atoms with E-state index in [0.29, 0.717) is 17.2 Å². The first kappa shape index (κ1) is 22.3. The molecule has 3 rings (SSSR count). The number of halogens is 1. The molecule has 1 fully saturated rings. The Bertz CT molecular complexity index is 841. The van der Waals surface area contributed by atoms with Crippen molar-refractivity contribution in [2.75, 3.05) is 38.1 Å². The number of anilines is 1. The Labute approximate surface area is 178 Å². The quantitative estimate of drug-likeness (QED) is 0.557. The number of hydrogen-bond donors (Lipinski definition) is 2. The van der Waals surface area contributed by atoms with Gasteiger partial charge in [-0.3, -0.25) is 9.59 Å². The van der Waals surface area contributed by atoms with Crippen molar-refractivity contribution in [3.05, 3.63) is 40.1 Å². The van der Waals surface area contributed by atoms with E-state index in [-0.39, 0.29) is 24.1 Å². The van der Waals surface area contributed by atoms with Gasteiger partial charge in [-0.2, -0.15) is 0 Å². The summed E-state index contributed by atoms with van der Waals surface area (Å²) in [5.74, 6) is -1.10. The van der Waals surface area contributed by atoms with E-state index in [1.807, 2.05) is 0 Å². The lowest BCUT2D eigenvalue weighted by Crippen LogP contribution is -2.34. The second-order valence-electron chi connectivity index (χ2n) is 7.06. The van der Waals surface area contributed by atoms with Gasteiger partial charge < -0.3 is 20.3 Å². The van der Waals surface area contributed by atoms with Gasteiger partial charge in [-0.25, -0.2) is 4.39 Å². The summed E-state index contributed by atoms with van der Waals surface area (Å²) in [7, 11) is 0. The van der Waals surface area contributed by atoms with E-state index in [9.17, 15) is 14.0 Å². The van der Waals surface area contributed by atoms with Crippen molar-refractivity contribution in [1.29, 1.82) is 0 Å². The molecule has 1 saturated heterocycles. The Balaban J connectivity index is 1.31. The largest absolute Gasteiger partial charge is 0.364 e. The van der Waals surface area contributed by atoms with Gasteiger partial charge in [0.05, 0.1) is 0 Å². The summed E-state index contributed by atoms with van der Waals surface area (Å²) in [5.41, 5.74) is 0.338. The summed E-state index contributed by atoms with van der Waals surface area (Å²) in [4.78, 5) is 26.4. The maximum absolute atomic E-state index is 13.2. The standard InChI is InChI=1S/C20H26FN5O3S/c21-15-6-4-7-16(12-15)23-19(28)20-25-24-18(30-20)14-29-13-17(27)22-8-5-11-26-9-2-1-3-10-26/h4,6-7,12H,1-3,5,8-11,13-14H2,(H,22,27)(H,23,28). The molecule has 8 nitrogen and oxygen atoms in total. The molecule has 0 saturated carbocycles. The van der Waals surface area contributed by atoms with E-state index in [4.69, 9.17) is 4.74 Å². The molecule has 2 amide bonds. The van der Waals surface area contributed by atoms with Crippen LogP contribution in [-0.4, -0.2) is 59.7 Å². The van der Waals surface area contributed by atoms with Crippen molar-refractivity contribution >= 4 is 28.8 Å². The third-order valence-corrected chi connectivity index (χ3v) is 5.52. The zero-order valence-electron chi connectivity index (χ0n) is 16.7. The van der Waals surface area contributed by atoms with Crippen LogP contribution in [0.25, 0.3) is 0 Å². The summed E-state index contributed by atoms with van der Waals surface area (Å²) in [6.45, 7) is 3.96. The molecule has 1 aromatic heterocycles. The van der Waals surface area contributed by atoms with Gasteiger partial charge in [-0.1, -0.05) is 23.8 Å². The molecule has 2 heterocycles. The Hall–Kier alpha value is -2.43. The van der Waals surface area contributed by atoms with Gasteiger partial charge in [-0.15, -0.1) is 10.2 Å². The highest BCUT2D eigenvalue weighted by Gasteiger charge is 2.14. The van der Waals surface area contributed by atoms with Crippen LogP contribution in [0.15, 0.2) is 24.3 Å². The molecule has 2 aromatic rings. The van der Waals surface area contributed by atoms with Crippen molar-refractivity contribution in [1.82, 2.24) is 20.4 Å². The number of piperidine rings is 1. The lowest BCUT2D eigenvalue weighted by molar-refractivity contribution is -0.126. The lowest BCUT2D eigenvalue weighted by Gasteiger charge is -2.26. The maximum Gasteiger partial charge on any atom is 0.286 e. The molecule has 10 heteroatoms. The average Bonchev–Trinajstić information content (AvgIpc) is 3.21. The number of hydrogen-bond acceptors (Lipinski definition) is 7. The number of nitrogens with one attached hydrogen (secondary N) is 2. The fourth-order valence-corrected chi connectivity index (χ4v) is 3.82. The third-order valence-electron chi connectivity index (χ3n) is 4.62. The lowest BCUT2D eigenvalue weighted by atomic mass is 10.1. The second-order valence-corrected chi connectivity index (χ2v) is 8.13. The predicted molar refractivity (Wildman–Crippen MR) is 112 cm³/mol. The summed E-state index contributed by atoms with van der Waals surface area (Å²) >= 11 is 1.06. The third kappa shape index (κ3) is 7.43. The second kappa shape index (κ2) is 11.7. The molecular weight excluding hydrogens is 409 g/mol. The zero-order chi connectivity index (χ0) is 21.2. The van der Waals surface area contributed by atoms with Crippen molar-refractivity contribution in [2.45, 2.75) is 32.3 Å². The van der Waals surface area contributed by atoms with Crippen LogP contribution in [-0.2, 0) is 16.1 Å². The fourth-order valence-electron chi connectivity index (χ4n) is 3.15. The summed E-state index contributed by atoms with van der Waals surface area (Å²) in [5, 5.41) is 13.7. The molecule has 0 unspecified atom stereocenters. The molecule has 0 spiro atoms. The van der Waals surface area contributed by atoms with Crippen LogP contribution in [0, 0.1) is 5.82 Å². The minimum Gasteiger partial charge on any atom is -0.364 e. The monoisotopic (exact) mass is 435 g/mol. The van der Waals surface area contributed by atoms with Crippen molar-refractivity contribution in [2.24, 2.45) is 0 Å². The van der Waals surface area contributed by atoms with Gasteiger partial charge in [0.15, 0.2) is 0 Å². The number of aromatic nitrogens is 2. The first-order chi connectivity index (χ1) is 14.6. The normalized spacial score (nSPS) is 14.4. The van der Waals surface area contributed by atoms with Crippen LogP contribution >= 0.6 is 11.3 Å². The minimum absolute atomic E-state index is 0.0753. The van der Waals surface area contributed by atoms with E-state index in [2.05, 4.69) is 25.7 Å². The summed E-state index contributed by atoms with van der Waals surface area (Å²) in [6, 6.07) is 5.59. The smallest absolute Gasteiger partial charge is 0.286 e. The maximum atomic E-state index is 13.2. The molecule has 1 aliphatic rings. The van der Waals surface area contributed by atoms with Crippen LogP contribution < -0.4 is 10.6 Å². The Morgan fingerprint density at radius 2 is 2.03 bits per heavy atom. The number of nitrogens with zero attached hydrogens (tertiary/aromatic N) is 3. The SMILES string of the molecule is O=C(COCc1nnc(C(=O)Nc2cccc(F)c2)s1)NCCCN1CCCCC1. The van der Waals surface area contributed by atoms with Gasteiger partial charge in [0, 0.05) is 12.2 Å². The van der Waals surface area contributed by atoms with Gasteiger partial charge in [0.1, 0.15) is 24.0 Å². The Morgan fingerprint density at radius 1 is 1.20 bits per heavy atom. The Kier molecular flexibility index (Phi) is 8.66. The van der Waals surface area contributed by atoms with Crippen LogP contribution in [0.5, 0.6) is 0 Å². The number of carbonyl (C=O) groups excluding carboxylic acids is 2. The molecule has 0 aliphatic carbocycles. The molecule has 0 bridgehead atoms. The van der Waals surface area contributed by atoms with E-state index < -0.39 is 11.7 Å². The van der Waals surface area contributed by atoms with Crippen molar-refractivity contribution in [3.63, 3.8) is 0 Å². The number of ether oxygens (including phenoxy) is 1. The first-order valence-electron chi connectivity index (χ1n) is 10.1. The van der Waals surface area contributed by atoms with Gasteiger partial charge >= 0.3 is 0 Å². The van der Waals surface area contributed by atoms with Crippen LogP contribution in [0.3, 0.4) is 0 Å². The molecule has 162 valence electrons.